The van der Waals surface area contributed by atoms with Crippen LogP contribution in [0.15, 0.2) is 30.3 Å². The van der Waals surface area contributed by atoms with Crippen LogP contribution in [0.3, 0.4) is 0 Å². The number of anilines is 1. The Hall–Kier alpha value is -2.30. The third-order valence-electron chi connectivity index (χ3n) is 2.94. The minimum Gasteiger partial charge on any atom is -0.456 e. The molecule has 0 aliphatic rings. The van der Waals surface area contributed by atoms with Gasteiger partial charge in [-0.3, -0.25) is 0 Å². The van der Waals surface area contributed by atoms with Gasteiger partial charge in [0.1, 0.15) is 17.0 Å². The molecule has 0 amide bonds. The van der Waals surface area contributed by atoms with Crippen LogP contribution in [0.2, 0.25) is 0 Å². The first-order valence-corrected chi connectivity index (χ1v) is 6.88. The molecule has 2 N–H and O–H groups in total. The van der Waals surface area contributed by atoms with Crippen molar-refractivity contribution in [2.75, 3.05) is 5.73 Å². The van der Waals surface area contributed by atoms with Gasteiger partial charge in [0.15, 0.2) is 0 Å². The molecule has 0 aliphatic carbocycles. The Kier molecular flexibility index (Phi) is 4.02. The Labute approximate surface area is 124 Å². The second-order valence-corrected chi connectivity index (χ2v) is 5.99. The Morgan fingerprint density at radius 2 is 1.90 bits per heavy atom. The zero-order chi connectivity index (χ0) is 15.6. The van der Waals surface area contributed by atoms with Crippen LogP contribution in [-0.4, -0.2) is 21.4 Å². The number of carbonyl (C=O) groups is 1. The molecule has 2 aromatic rings. The number of nitrogen functional groups attached to an aromatic ring is 1. The summed E-state index contributed by atoms with van der Waals surface area (Å²) in [6, 6.07) is 9.84. The molecule has 1 aromatic carbocycles. The highest BCUT2D eigenvalue weighted by atomic mass is 16.6. The van der Waals surface area contributed by atoms with Crippen LogP contribution in [0.25, 0.3) is 0 Å². The van der Waals surface area contributed by atoms with Gasteiger partial charge in [-0.15, -0.1) is 0 Å². The van der Waals surface area contributed by atoms with Gasteiger partial charge in [0.25, 0.3) is 0 Å². The van der Waals surface area contributed by atoms with Crippen molar-refractivity contribution in [2.24, 2.45) is 0 Å². The van der Waals surface area contributed by atoms with E-state index in [9.17, 15) is 4.79 Å². The summed E-state index contributed by atoms with van der Waals surface area (Å²) in [5.41, 5.74) is 7.51. The van der Waals surface area contributed by atoms with E-state index < -0.39 is 11.6 Å². The molecule has 0 spiro atoms. The SMILES string of the molecule is Cc1nn(Cc2ccccc2)c(N)c1C(=O)OC(C)(C)C. The standard InChI is InChI=1S/C16H21N3O2/c1-11-13(15(20)21-16(2,3)4)14(17)19(18-11)10-12-8-6-5-7-9-12/h5-9H,10,17H2,1-4H3. The molecule has 112 valence electrons. The van der Waals surface area contributed by atoms with Crippen LogP contribution in [0.1, 0.15) is 42.4 Å². The second kappa shape index (κ2) is 5.60. The summed E-state index contributed by atoms with van der Waals surface area (Å²) in [6.07, 6.45) is 0. The lowest BCUT2D eigenvalue weighted by atomic mass is 10.2. The first-order valence-electron chi connectivity index (χ1n) is 6.88. The fraction of sp³-hybridized carbons (Fsp3) is 0.375. The minimum absolute atomic E-state index is 0.339. The number of ether oxygens (including phenoxy) is 1. The first-order chi connectivity index (χ1) is 9.78. The number of aromatic nitrogens is 2. The van der Waals surface area contributed by atoms with Crippen LogP contribution in [-0.2, 0) is 11.3 Å². The lowest BCUT2D eigenvalue weighted by Crippen LogP contribution is -2.24. The van der Waals surface area contributed by atoms with E-state index in [1.807, 2.05) is 51.1 Å². The highest BCUT2D eigenvalue weighted by Crippen LogP contribution is 2.21. The van der Waals surface area contributed by atoms with Crippen LogP contribution >= 0.6 is 0 Å². The number of nitrogens with zero attached hydrogens (tertiary/aromatic N) is 2. The summed E-state index contributed by atoms with van der Waals surface area (Å²) < 4.78 is 7.01. The summed E-state index contributed by atoms with van der Waals surface area (Å²) in [4.78, 5) is 12.2. The molecule has 0 aliphatic heterocycles. The molecule has 0 atom stereocenters. The zero-order valence-electron chi connectivity index (χ0n) is 12.9. The van der Waals surface area contributed by atoms with Crippen LogP contribution < -0.4 is 5.73 Å². The van der Waals surface area contributed by atoms with Crippen molar-refractivity contribution in [3.63, 3.8) is 0 Å². The van der Waals surface area contributed by atoms with Crippen LogP contribution in [0, 0.1) is 6.92 Å². The van der Waals surface area contributed by atoms with Gasteiger partial charge in [0.05, 0.1) is 12.2 Å². The van der Waals surface area contributed by atoms with Gasteiger partial charge < -0.3 is 10.5 Å². The monoisotopic (exact) mass is 287 g/mol. The topological polar surface area (TPSA) is 70.1 Å². The Bertz CT molecular complexity index is 640. The number of esters is 1. The molecule has 1 aromatic heterocycles. The van der Waals surface area contributed by atoms with Gasteiger partial charge in [-0.1, -0.05) is 30.3 Å². The smallest absolute Gasteiger partial charge is 0.344 e. The largest absolute Gasteiger partial charge is 0.456 e. The maximum Gasteiger partial charge on any atom is 0.344 e. The number of rotatable bonds is 3. The minimum atomic E-state index is -0.558. The van der Waals surface area contributed by atoms with Gasteiger partial charge in [-0.05, 0) is 33.3 Å². The molecule has 0 unspecified atom stereocenters. The average Bonchev–Trinajstić information content (AvgIpc) is 2.63. The van der Waals surface area contributed by atoms with Gasteiger partial charge in [0, 0.05) is 0 Å². The highest BCUT2D eigenvalue weighted by Gasteiger charge is 2.25. The summed E-state index contributed by atoms with van der Waals surface area (Å²) in [7, 11) is 0. The third kappa shape index (κ3) is 3.62. The molecular weight excluding hydrogens is 266 g/mol. The molecule has 0 saturated carbocycles. The predicted molar refractivity (Wildman–Crippen MR) is 82.1 cm³/mol. The molecule has 0 bridgehead atoms. The first kappa shape index (κ1) is 15.1. The van der Waals surface area contributed by atoms with Crippen molar-refractivity contribution in [1.29, 1.82) is 0 Å². The van der Waals surface area contributed by atoms with Gasteiger partial charge in [0.2, 0.25) is 0 Å². The molecule has 0 radical (unpaired) electrons. The summed E-state index contributed by atoms with van der Waals surface area (Å²) >= 11 is 0. The molecule has 5 heteroatoms. The van der Waals surface area contributed by atoms with Gasteiger partial charge in [-0.25, -0.2) is 9.48 Å². The Morgan fingerprint density at radius 1 is 1.29 bits per heavy atom. The van der Waals surface area contributed by atoms with Crippen molar-refractivity contribution < 1.29 is 9.53 Å². The lowest BCUT2D eigenvalue weighted by Gasteiger charge is -2.19. The Morgan fingerprint density at radius 3 is 2.48 bits per heavy atom. The summed E-state index contributed by atoms with van der Waals surface area (Å²) in [6.45, 7) is 7.76. The fourth-order valence-electron chi connectivity index (χ4n) is 2.06. The molecule has 0 saturated heterocycles. The highest BCUT2D eigenvalue weighted by molar-refractivity contribution is 5.95. The maximum absolute atomic E-state index is 12.2. The van der Waals surface area contributed by atoms with Crippen LogP contribution in [0.4, 0.5) is 5.82 Å². The third-order valence-corrected chi connectivity index (χ3v) is 2.94. The number of carbonyl (C=O) groups excluding carboxylic acids is 1. The fourth-order valence-corrected chi connectivity index (χ4v) is 2.06. The Balaban J connectivity index is 2.27. The quantitative estimate of drug-likeness (QED) is 0.881. The molecule has 1 heterocycles. The van der Waals surface area contributed by atoms with Crippen molar-refractivity contribution in [3.05, 3.63) is 47.2 Å². The van der Waals surface area contributed by atoms with Crippen molar-refractivity contribution in [2.45, 2.75) is 39.8 Å². The van der Waals surface area contributed by atoms with E-state index in [-0.39, 0.29) is 0 Å². The molecule has 0 fully saturated rings. The molecule has 21 heavy (non-hydrogen) atoms. The second-order valence-electron chi connectivity index (χ2n) is 5.99. The van der Waals surface area contributed by atoms with Crippen molar-refractivity contribution in [1.82, 2.24) is 9.78 Å². The van der Waals surface area contributed by atoms with E-state index in [1.165, 1.54) is 0 Å². The molecule has 2 rings (SSSR count). The number of hydrogen-bond donors (Lipinski definition) is 1. The lowest BCUT2D eigenvalue weighted by molar-refractivity contribution is 0.00700. The van der Waals surface area contributed by atoms with Crippen LogP contribution in [0.5, 0.6) is 0 Å². The van der Waals surface area contributed by atoms with Gasteiger partial charge in [-0.2, -0.15) is 5.10 Å². The van der Waals surface area contributed by atoms with E-state index in [1.54, 1.807) is 11.6 Å². The van der Waals surface area contributed by atoms with Crippen molar-refractivity contribution >= 4 is 11.8 Å². The van der Waals surface area contributed by atoms with Gasteiger partial charge >= 0.3 is 5.97 Å². The zero-order valence-corrected chi connectivity index (χ0v) is 12.9. The van der Waals surface area contributed by atoms with E-state index in [0.717, 1.165) is 5.56 Å². The average molecular weight is 287 g/mol. The van der Waals surface area contributed by atoms with E-state index in [4.69, 9.17) is 10.5 Å². The summed E-state index contributed by atoms with van der Waals surface area (Å²) in [5, 5.41) is 4.35. The van der Waals surface area contributed by atoms with Crippen molar-refractivity contribution in [3.8, 4) is 0 Å². The molecule has 5 nitrogen and oxygen atoms in total. The number of aryl methyl sites for hydroxylation is 1. The predicted octanol–water partition coefficient (Wildman–Crippen LogP) is 2.78. The van der Waals surface area contributed by atoms with E-state index in [2.05, 4.69) is 5.10 Å². The summed E-state index contributed by atoms with van der Waals surface area (Å²) in [5.74, 6) is -0.0950. The number of benzene rings is 1. The number of hydrogen-bond acceptors (Lipinski definition) is 4. The van der Waals surface area contributed by atoms with E-state index in [0.29, 0.717) is 23.6 Å². The normalized spacial score (nSPS) is 11.4. The van der Waals surface area contributed by atoms with E-state index >= 15 is 0 Å². The maximum atomic E-state index is 12.2. The molecular formula is C16H21N3O2. The number of nitrogens with two attached hydrogens (primary N) is 1.